The lowest BCUT2D eigenvalue weighted by molar-refractivity contribution is -0.110. The van der Waals surface area contributed by atoms with Crippen molar-refractivity contribution >= 4 is 28.5 Å². The van der Waals surface area contributed by atoms with Gasteiger partial charge in [0.2, 0.25) is 0 Å². The molecule has 1 unspecified atom stereocenters. The van der Waals surface area contributed by atoms with Crippen LogP contribution in [0, 0.1) is 5.82 Å². The Morgan fingerprint density at radius 2 is 2.00 bits per heavy atom. The topological polar surface area (TPSA) is 62.4 Å². The molecule has 4 rings (SSSR count). The molecule has 1 fully saturated rings. The number of fused-ring (bicyclic) bond motifs is 1. The normalized spacial score (nSPS) is 20.1. The predicted molar refractivity (Wildman–Crippen MR) is 101 cm³/mol. The third-order valence-electron chi connectivity index (χ3n) is 4.59. The van der Waals surface area contributed by atoms with Crippen molar-refractivity contribution < 1.29 is 13.9 Å². The van der Waals surface area contributed by atoms with Crippen LogP contribution in [0.5, 0.6) is 0 Å². The molecule has 2 aromatic carbocycles. The van der Waals surface area contributed by atoms with Gasteiger partial charge < -0.3 is 20.7 Å². The van der Waals surface area contributed by atoms with E-state index in [-0.39, 0.29) is 11.7 Å². The number of amides is 1. The Bertz CT molecular complexity index is 843. The predicted octanol–water partition coefficient (Wildman–Crippen LogP) is 3.82. The monoisotopic (exact) mass is 353 g/mol. The third-order valence-corrected chi connectivity index (χ3v) is 4.59. The van der Waals surface area contributed by atoms with Crippen molar-refractivity contribution in [1.82, 2.24) is 0 Å². The highest BCUT2D eigenvalue weighted by Crippen LogP contribution is 2.32. The summed E-state index contributed by atoms with van der Waals surface area (Å²) in [5.41, 5.74) is 3.57. The van der Waals surface area contributed by atoms with Gasteiger partial charge in [0.05, 0.1) is 17.4 Å². The number of carbonyl (C=O) groups is 1. The zero-order valence-corrected chi connectivity index (χ0v) is 14.2. The largest absolute Gasteiger partial charge is 0.382 e. The summed E-state index contributed by atoms with van der Waals surface area (Å²) in [7, 11) is 0. The van der Waals surface area contributed by atoms with Gasteiger partial charge in [-0.1, -0.05) is 0 Å². The number of halogens is 1. The van der Waals surface area contributed by atoms with E-state index >= 15 is 0 Å². The molecule has 6 heteroatoms. The molecular formula is C20H20FN3O2. The SMILES string of the molecule is O=C1Nc2cc(F)ccc2C1=CNc1ccc(NCC2CCCO2)cc1. The molecule has 0 aliphatic carbocycles. The molecule has 2 aliphatic rings. The van der Waals surface area contributed by atoms with E-state index in [1.54, 1.807) is 12.3 Å². The van der Waals surface area contributed by atoms with E-state index in [0.717, 1.165) is 37.4 Å². The second-order valence-electron chi connectivity index (χ2n) is 6.44. The molecule has 26 heavy (non-hydrogen) atoms. The first-order valence-corrected chi connectivity index (χ1v) is 8.72. The molecular weight excluding hydrogens is 333 g/mol. The molecule has 0 radical (unpaired) electrons. The fourth-order valence-corrected chi connectivity index (χ4v) is 3.19. The van der Waals surface area contributed by atoms with Crippen molar-refractivity contribution in [2.45, 2.75) is 18.9 Å². The number of benzene rings is 2. The molecule has 2 aliphatic heterocycles. The Morgan fingerprint density at radius 1 is 1.19 bits per heavy atom. The molecule has 1 amide bonds. The smallest absolute Gasteiger partial charge is 0.257 e. The summed E-state index contributed by atoms with van der Waals surface area (Å²) >= 11 is 0. The Labute approximate surface area is 151 Å². The molecule has 0 saturated carbocycles. The van der Waals surface area contributed by atoms with Crippen LogP contribution >= 0.6 is 0 Å². The third kappa shape index (κ3) is 3.55. The number of nitrogens with one attached hydrogen (secondary N) is 3. The van der Waals surface area contributed by atoms with Crippen LogP contribution in [0.4, 0.5) is 21.5 Å². The van der Waals surface area contributed by atoms with Gasteiger partial charge in [-0.25, -0.2) is 4.39 Å². The number of hydrogen-bond acceptors (Lipinski definition) is 4. The maximum atomic E-state index is 13.3. The summed E-state index contributed by atoms with van der Waals surface area (Å²) in [6, 6.07) is 12.1. The number of ether oxygens (including phenoxy) is 1. The van der Waals surface area contributed by atoms with Crippen molar-refractivity contribution in [1.29, 1.82) is 0 Å². The highest BCUT2D eigenvalue weighted by Gasteiger charge is 2.24. The zero-order chi connectivity index (χ0) is 17.9. The van der Waals surface area contributed by atoms with Crippen molar-refractivity contribution in [2.24, 2.45) is 0 Å². The van der Waals surface area contributed by atoms with Crippen molar-refractivity contribution in [2.75, 3.05) is 29.1 Å². The van der Waals surface area contributed by atoms with E-state index in [1.807, 2.05) is 24.3 Å². The average Bonchev–Trinajstić information content (AvgIpc) is 3.26. The van der Waals surface area contributed by atoms with Crippen LogP contribution in [0.15, 0.2) is 48.7 Å². The first-order chi connectivity index (χ1) is 12.7. The molecule has 1 saturated heterocycles. The summed E-state index contributed by atoms with van der Waals surface area (Å²) in [6.07, 6.45) is 4.18. The molecule has 5 nitrogen and oxygen atoms in total. The molecule has 134 valence electrons. The van der Waals surface area contributed by atoms with E-state index < -0.39 is 0 Å². The first-order valence-electron chi connectivity index (χ1n) is 8.72. The number of anilines is 3. The molecule has 0 aromatic heterocycles. The Hall–Kier alpha value is -2.86. The lowest BCUT2D eigenvalue weighted by Crippen LogP contribution is -2.18. The van der Waals surface area contributed by atoms with E-state index in [4.69, 9.17) is 4.74 Å². The minimum Gasteiger partial charge on any atom is -0.382 e. The lowest BCUT2D eigenvalue weighted by Gasteiger charge is -2.12. The Morgan fingerprint density at radius 3 is 2.77 bits per heavy atom. The molecule has 1 atom stereocenters. The van der Waals surface area contributed by atoms with Crippen LogP contribution in [0.1, 0.15) is 18.4 Å². The fraction of sp³-hybridized carbons (Fsp3) is 0.250. The summed E-state index contributed by atoms with van der Waals surface area (Å²) in [6.45, 7) is 1.66. The number of hydrogen-bond donors (Lipinski definition) is 3. The Balaban J connectivity index is 1.40. The van der Waals surface area contributed by atoms with Crippen molar-refractivity contribution in [3.05, 3.63) is 60.0 Å². The highest BCUT2D eigenvalue weighted by atomic mass is 19.1. The van der Waals surface area contributed by atoms with Gasteiger partial charge in [0, 0.05) is 36.3 Å². The molecule has 3 N–H and O–H groups in total. The van der Waals surface area contributed by atoms with Crippen LogP contribution in [-0.2, 0) is 9.53 Å². The van der Waals surface area contributed by atoms with Gasteiger partial charge in [-0.15, -0.1) is 0 Å². The van der Waals surface area contributed by atoms with Gasteiger partial charge in [-0.05, 0) is 55.3 Å². The lowest BCUT2D eigenvalue weighted by atomic mass is 10.1. The van der Waals surface area contributed by atoms with Crippen LogP contribution < -0.4 is 16.0 Å². The van der Waals surface area contributed by atoms with Crippen LogP contribution in [-0.4, -0.2) is 25.2 Å². The van der Waals surface area contributed by atoms with Crippen LogP contribution in [0.3, 0.4) is 0 Å². The maximum absolute atomic E-state index is 13.3. The second-order valence-corrected chi connectivity index (χ2v) is 6.44. The zero-order valence-electron chi connectivity index (χ0n) is 14.2. The van der Waals surface area contributed by atoms with E-state index in [1.165, 1.54) is 12.1 Å². The molecule has 2 heterocycles. The van der Waals surface area contributed by atoms with E-state index in [0.29, 0.717) is 22.9 Å². The van der Waals surface area contributed by atoms with Gasteiger partial charge >= 0.3 is 0 Å². The highest BCUT2D eigenvalue weighted by molar-refractivity contribution is 6.31. The molecule has 2 aromatic rings. The minimum atomic E-state index is -0.371. The second kappa shape index (κ2) is 7.17. The van der Waals surface area contributed by atoms with E-state index in [9.17, 15) is 9.18 Å². The standard InChI is InChI=1S/C20H20FN3O2/c21-13-3-8-17-18(20(25)24-19(17)10-13)12-23-15-6-4-14(5-7-15)22-11-16-2-1-9-26-16/h3-8,10,12,16,22-23H,1-2,9,11H2,(H,24,25). The van der Waals surface area contributed by atoms with Gasteiger partial charge in [-0.2, -0.15) is 0 Å². The molecule has 0 bridgehead atoms. The number of carbonyl (C=O) groups excluding carboxylic acids is 1. The van der Waals surface area contributed by atoms with Gasteiger partial charge in [-0.3, -0.25) is 4.79 Å². The van der Waals surface area contributed by atoms with Gasteiger partial charge in [0.25, 0.3) is 5.91 Å². The summed E-state index contributed by atoms with van der Waals surface area (Å²) in [4.78, 5) is 12.1. The summed E-state index contributed by atoms with van der Waals surface area (Å²) < 4.78 is 18.9. The summed E-state index contributed by atoms with van der Waals surface area (Å²) in [5, 5.41) is 9.16. The van der Waals surface area contributed by atoms with Crippen LogP contribution in [0.2, 0.25) is 0 Å². The Kier molecular flexibility index (Phi) is 4.58. The average molecular weight is 353 g/mol. The first kappa shape index (κ1) is 16.6. The van der Waals surface area contributed by atoms with Crippen molar-refractivity contribution in [3.8, 4) is 0 Å². The maximum Gasteiger partial charge on any atom is 0.257 e. The quantitative estimate of drug-likeness (QED) is 0.715. The minimum absolute atomic E-state index is 0.243. The fourth-order valence-electron chi connectivity index (χ4n) is 3.19. The number of rotatable bonds is 5. The van der Waals surface area contributed by atoms with Gasteiger partial charge in [0.15, 0.2) is 0 Å². The van der Waals surface area contributed by atoms with Crippen molar-refractivity contribution in [3.63, 3.8) is 0 Å². The van der Waals surface area contributed by atoms with E-state index in [2.05, 4.69) is 16.0 Å². The van der Waals surface area contributed by atoms with Crippen LogP contribution in [0.25, 0.3) is 5.57 Å². The van der Waals surface area contributed by atoms with Gasteiger partial charge in [0.1, 0.15) is 5.82 Å². The molecule has 0 spiro atoms. The summed E-state index contributed by atoms with van der Waals surface area (Å²) in [5.74, 6) is -0.614.